The molecule has 43 heavy (non-hydrogen) atoms. The van der Waals surface area contributed by atoms with Crippen molar-refractivity contribution in [3.63, 3.8) is 0 Å². The molecule has 0 amide bonds. The molecule has 7 rings (SSSR count). The fourth-order valence-electron chi connectivity index (χ4n) is 5.51. The summed E-state index contributed by atoms with van der Waals surface area (Å²) < 4.78 is 37.7. The van der Waals surface area contributed by atoms with E-state index in [2.05, 4.69) is 19.3 Å². The van der Waals surface area contributed by atoms with E-state index in [9.17, 15) is 32.1 Å². The highest BCUT2D eigenvalue weighted by molar-refractivity contribution is 7.94. The van der Waals surface area contributed by atoms with Gasteiger partial charge in [0.2, 0.25) is 0 Å². The highest BCUT2D eigenvalue weighted by Crippen LogP contribution is 2.36. The van der Waals surface area contributed by atoms with E-state index in [-0.39, 0.29) is 75.1 Å². The summed E-state index contributed by atoms with van der Waals surface area (Å²) in [6.07, 6.45) is 0. The molecule has 4 N–H and O–H groups in total. The van der Waals surface area contributed by atoms with E-state index in [1.165, 1.54) is 24.3 Å². The number of benzene rings is 6. The highest BCUT2D eigenvalue weighted by Gasteiger charge is 2.22. The van der Waals surface area contributed by atoms with Crippen LogP contribution in [0.15, 0.2) is 83.6 Å². The SMILES string of the molecule is O=c1c2ccccc2c(=O)c2c1cc(Cl)c1[nH]c3c([nH]c12)c(SOOO)cc1c(=O)c2ccc(S(=O)(=O)O)cc2c(=O)c13. The molecule has 0 aliphatic carbocycles. The van der Waals surface area contributed by atoms with Crippen LogP contribution in [0.5, 0.6) is 0 Å². The van der Waals surface area contributed by atoms with Crippen molar-refractivity contribution in [3.05, 3.63) is 101 Å². The predicted molar refractivity (Wildman–Crippen MR) is 162 cm³/mol. The lowest BCUT2D eigenvalue weighted by Crippen LogP contribution is -2.16. The molecule has 0 atom stereocenters. The van der Waals surface area contributed by atoms with Gasteiger partial charge in [-0.1, -0.05) is 40.9 Å². The van der Waals surface area contributed by atoms with Crippen molar-refractivity contribution >= 4 is 98.9 Å². The number of nitrogens with one attached hydrogen (secondary N) is 2. The van der Waals surface area contributed by atoms with Crippen molar-refractivity contribution in [2.45, 2.75) is 9.79 Å². The third kappa shape index (κ3) is 3.96. The van der Waals surface area contributed by atoms with Crippen LogP contribution in [0.3, 0.4) is 0 Å². The Hall–Kier alpha value is -4.41. The quantitative estimate of drug-likeness (QED) is 0.0532. The lowest BCUT2D eigenvalue weighted by atomic mass is 9.99. The molecule has 1 aromatic heterocycles. The number of H-pyrrole nitrogens is 2. The van der Waals surface area contributed by atoms with Gasteiger partial charge in [-0.2, -0.15) is 8.42 Å². The first-order chi connectivity index (χ1) is 20.5. The summed E-state index contributed by atoms with van der Waals surface area (Å²) in [5.41, 5.74) is -1.97. The Morgan fingerprint density at radius 1 is 0.674 bits per heavy atom. The van der Waals surface area contributed by atoms with Crippen LogP contribution in [0, 0.1) is 0 Å². The average molecular weight is 637 g/mol. The van der Waals surface area contributed by atoms with E-state index < -0.39 is 36.7 Å². The van der Waals surface area contributed by atoms with Gasteiger partial charge in [0.25, 0.3) is 10.1 Å². The molecule has 0 radical (unpaired) electrons. The van der Waals surface area contributed by atoms with Crippen molar-refractivity contribution in [2.24, 2.45) is 0 Å². The smallest absolute Gasteiger partial charge is 0.294 e. The molecule has 214 valence electrons. The minimum atomic E-state index is -4.70. The molecule has 15 heteroatoms. The van der Waals surface area contributed by atoms with Gasteiger partial charge in [0, 0.05) is 32.3 Å². The van der Waals surface area contributed by atoms with Crippen molar-refractivity contribution in [3.8, 4) is 0 Å². The zero-order valence-corrected chi connectivity index (χ0v) is 23.4. The second-order valence-corrected chi connectivity index (χ2v) is 12.2. The van der Waals surface area contributed by atoms with E-state index in [1.807, 2.05) is 0 Å². The third-order valence-electron chi connectivity index (χ3n) is 7.36. The van der Waals surface area contributed by atoms with Crippen LogP contribution in [0.1, 0.15) is 0 Å². The molecule has 0 aliphatic heterocycles. The Labute approximate surface area is 246 Å². The van der Waals surface area contributed by atoms with Crippen LogP contribution >= 0.6 is 23.6 Å². The molecule has 0 fully saturated rings. The van der Waals surface area contributed by atoms with Gasteiger partial charge in [0.05, 0.1) is 59.7 Å². The minimum absolute atomic E-state index is 0.00661. The molecule has 0 saturated heterocycles. The average Bonchev–Trinajstić information content (AvgIpc) is 2.99. The first-order valence-electron chi connectivity index (χ1n) is 12.2. The highest BCUT2D eigenvalue weighted by atomic mass is 35.5. The normalized spacial score (nSPS) is 12.4. The summed E-state index contributed by atoms with van der Waals surface area (Å²) in [5, 5.41) is 12.4. The van der Waals surface area contributed by atoms with E-state index in [0.29, 0.717) is 12.0 Å². The molecular weight excluding hydrogens is 624 g/mol. The van der Waals surface area contributed by atoms with Crippen molar-refractivity contribution in [2.75, 3.05) is 0 Å². The number of aromatic amines is 2. The largest absolute Gasteiger partial charge is 0.350 e. The molecule has 6 aromatic carbocycles. The second kappa shape index (κ2) is 9.55. The number of rotatable bonds is 4. The third-order valence-corrected chi connectivity index (χ3v) is 9.14. The summed E-state index contributed by atoms with van der Waals surface area (Å²) in [7, 11) is -4.70. The van der Waals surface area contributed by atoms with Gasteiger partial charge >= 0.3 is 0 Å². The van der Waals surface area contributed by atoms with Gasteiger partial charge in [-0.05, 0) is 30.3 Å². The Bertz CT molecular complexity index is 2750. The van der Waals surface area contributed by atoms with E-state index >= 15 is 0 Å². The standard InChI is InChI=1S/C28H13ClN2O10S2/c29-17-8-15-19(27(34)12-4-2-1-3-11(12)25(15)32)23-21(17)30-24-20-16(9-18(22(24)31-23)42-41-40-36)26(33)13-6-5-10(43(37,38)39)7-14(13)28(20)35/h1-9,30-31,36H,(H,37,38,39). The molecule has 1 heterocycles. The van der Waals surface area contributed by atoms with E-state index in [0.717, 1.165) is 18.2 Å². The molecule has 0 bridgehead atoms. The lowest BCUT2D eigenvalue weighted by Gasteiger charge is -2.14. The Kier molecular flexibility index (Phi) is 6.09. The molecule has 0 unspecified atom stereocenters. The molecular formula is C28H13ClN2O10S2. The fourth-order valence-corrected chi connectivity index (χ4v) is 6.77. The van der Waals surface area contributed by atoms with Gasteiger partial charge in [-0.3, -0.25) is 23.7 Å². The van der Waals surface area contributed by atoms with Crippen LogP contribution in [-0.2, 0) is 19.5 Å². The Balaban J connectivity index is 1.73. The van der Waals surface area contributed by atoms with Crippen molar-refractivity contribution in [1.82, 2.24) is 9.97 Å². The van der Waals surface area contributed by atoms with Gasteiger partial charge < -0.3 is 9.97 Å². The van der Waals surface area contributed by atoms with Crippen LogP contribution in [0.4, 0.5) is 0 Å². The summed E-state index contributed by atoms with van der Waals surface area (Å²) >= 11 is 7.08. The van der Waals surface area contributed by atoms with Gasteiger partial charge in [-0.15, -0.1) is 4.33 Å². The maximum absolute atomic E-state index is 13.9. The predicted octanol–water partition coefficient (Wildman–Crippen LogP) is 4.47. The topological polar surface area (TPSA) is 193 Å². The molecule has 0 saturated carbocycles. The van der Waals surface area contributed by atoms with Crippen LogP contribution in [0.25, 0.3) is 65.2 Å². The van der Waals surface area contributed by atoms with Crippen LogP contribution < -0.4 is 21.7 Å². The van der Waals surface area contributed by atoms with Crippen molar-refractivity contribution < 1.29 is 27.6 Å². The number of hydrogen-bond donors (Lipinski definition) is 4. The maximum Gasteiger partial charge on any atom is 0.294 e. The molecule has 0 spiro atoms. The van der Waals surface area contributed by atoms with Crippen LogP contribution in [-0.4, -0.2) is 28.2 Å². The molecule has 12 nitrogen and oxygen atoms in total. The summed E-state index contributed by atoms with van der Waals surface area (Å²) in [6, 6.07) is 12.0. The van der Waals surface area contributed by atoms with Gasteiger partial charge in [-0.25, -0.2) is 5.26 Å². The Morgan fingerprint density at radius 2 is 1.23 bits per heavy atom. The molecule has 0 aliphatic rings. The van der Waals surface area contributed by atoms with E-state index in [4.69, 9.17) is 16.9 Å². The number of fused-ring (bicyclic) bond motifs is 8. The minimum Gasteiger partial charge on any atom is -0.350 e. The lowest BCUT2D eigenvalue weighted by molar-refractivity contribution is -0.432. The summed E-state index contributed by atoms with van der Waals surface area (Å²) in [4.78, 5) is 60.1. The monoisotopic (exact) mass is 636 g/mol. The van der Waals surface area contributed by atoms with Crippen molar-refractivity contribution in [1.29, 1.82) is 0 Å². The fraction of sp³-hybridized carbons (Fsp3) is 0. The summed E-state index contributed by atoms with van der Waals surface area (Å²) in [5.74, 6) is 0. The van der Waals surface area contributed by atoms with E-state index in [1.54, 1.807) is 12.1 Å². The number of hydrogen-bond acceptors (Lipinski definition) is 10. The number of halogens is 1. The number of aromatic nitrogens is 2. The van der Waals surface area contributed by atoms with Crippen LogP contribution in [0.2, 0.25) is 5.02 Å². The second-order valence-electron chi connectivity index (χ2n) is 9.60. The maximum atomic E-state index is 13.9. The Morgan fingerprint density at radius 3 is 1.88 bits per heavy atom. The van der Waals surface area contributed by atoms with Gasteiger partial charge in [0.1, 0.15) is 0 Å². The molecule has 7 aromatic rings. The zero-order chi connectivity index (χ0) is 30.4. The van der Waals surface area contributed by atoms with Gasteiger partial charge in [0.15, 0.2) is 21.7 Å². The first kappa shape index (κ1) is 27.4. The first-order valence-corrected chi connectivity index (χ1v) is 14.7. The summed E-state index contributed by atoms with van der Waals surface area (Å²) in [6.45, 7) is 0. The zero-order valence-electron chi connectivity index (χ0n) is 21.1.